The van der Waals surface area contributed by atoms with Gasteiger partial charge in [-0.1, -0.05) is 36.4 Å². The second-order valence-electron chi connectivity index (χ2n) is 4.39. The summed E-state index contributed by atoms with van der Waals surface area (Å²) >= 11 is 0. The first-order valence-electron chi connectivity index (χ1n) is 5.86. The lowest BCUT2D eigenvalue weighted by molar-refractivity contribution is 0.134. The van der Waals surface area contributed by atoms with Crippen LogP contribution in [0.2, 0.25) is 0 Å². The molecular formula is C14H18O2. The SMILES string of the molecule is O[C@@H]1C=C(CCc2ccccc2)[C@H](O)CC1. The van der Waals surface area contributed by atoms with Crippen molar-refractivity contribution in [2.45, 2.75) is 37.9 Å². The van der Waals surface area contributed by atoms with Crippen LogP contribution < -0.4 is 0 Å². The van der Waals surface area contributed by atoms with Crippen LogP contribution in [0.1, 0.15) is 24.8 Å². The van der Waals surface area contributed by atoms with Crippen LogP contribution in [0.15, 0.2) is 42.0 Å². The first-order chi connectivity index (χ1) is 7.75. The van der Waals surface area contributed by atoms with Crippen molar-refractivity contribution < 1.29 is 10.2 Å². The van der Waals surface area contributed by atoms with E-state index in [0.29, 0.717) is 12.8 Å². The van der Waals surface area contributed by atoms with Crippen molar-refractivity contribution in [2.24, 2.45) is 0 Å². The lowest BCUT2D eigenvalue weighted by Crippen LogP contribution is -2.21. The molecule has 0 fully saturated rings. The highest BCUT2D eigenvalue weighted by molar-refractivity contribution is 5.19. The molecule has 0 aliphatic heterocycles. The van der Waals surface area contributed by atoms with Crippen LogP contribution >= 0.6 is 0 Å². The Morgan fingerprint density at radius 3 is 2.50 bits per heavy atom. The van der Waals surface area contributed by atoms with Gasteiger partial charge in [0.15, 0.2) is 0 Å². The quantitative estimate of drug-likeness (QED) is 0.762. The summed E-state index contributed by atoms with van der Waals surface area (Å²) in [6.45, 7) is 0. The van der Waals surface area contributed by atoms with Crippen LogP contribution in [-0.4, -0.2) is 22.4 Å². The fraction of sp³-hybridized carbons (Fsp3) is 0.429. The molecule has 0 saturated carbocycles. The molecule has 2 nitrogen and oxygen atoms in total. The van der Waals surface area contributed by atoms with Crippen molar-refractivity contribution in [3.63, 3.8) is 0 Å². The molecule has 0 bridgehead atoms. The smallest absolute Gasteiger partial charge is 0.0752 e. The van der Waals surface area contributed by atoms with Gasteiger partial charge in [-0.25, -0.2) is 0 Å². The standard InChI is InChI=1S/C14H18O2/c15-13-8-9-14(16)12(10-13)7-6-11-4-2-1-3-5-11/h1-5,10,13-16H,6-9H2/t13-,14+/m0/s1. The van der Waals surface area contributed by atoms with Gasteiger partial charge in [-0.3, -0.25) is 0 Å². The van der Waals surface area contributed by atoms with Gasteiger partial charge in [0.2, 0.25) is 0 Å². The topological polar surface area (TPSA) is 40.5 Å². The van der Waals surface area contributed by atoms with E-state index in [1.807, 2.05) is 24.3 Å². The van der Waals surface area contributed by atoms with Gasteiger partial charge >= 0.3 is 0 Å². The number of aliphatic hydroxyl groups is 2. The molecule has 0 heterocycles. The highest BCUT2D eigenvalue weighted by Gasteiger charge is 2.18. The minimum absolute atomic E-state index is 0.355. The zero-order valence-electron chi connectivity index (χ0n) is 9.34. The van der Waals surface area contributed by atoms with Crippen LogP contribution in [0.25, 0.3) is 0 Å². The highest BCUT2D eigenvalue weighted by atomic mass is 16.3. The fourth-order valence-electron chi connectivity index (χ4n) is 2.14. The maximum absolute atomic E-state index is 9.79. The monoisotopic (exact) mass is 218 g/mol. The van der Waals surface area contributed by atoms with Crippen LogP contribution in [0.4, 0.5) is 0 Å². The molecule has 0 spiro atoms. The van der Waals surface area contributed by atoms with Crippen molar-refractivity contribution >= 4 is 0 Å². The van der Waals surface area contributed by atoms with Crippen molar-refractivity contribution in [1.29, 1.82) is 0 Å². The number of benzene rings is 1. The Hall–Kier alpha value is -1.12. The first kappa shape index (κ1) is 11.4. The largest absolute Gasteiger partial charge is 0.389 e. The predicted octanol–water partition coefficient (Wildman–Crippen LogP) is 2.06. The van der Waals surface area contributed by atoms with Gasteiger partial charge in [-0.15, -0.1) is 0 Å². The molecule has 2 rings (SSSR count). The summed E-state index contributed by atoms with van der Waals surface area (Å²) in [7, 11) is 0. The molecular weight excluding hydrogens is 200 g/mol. The molecule has 0 radical (unpaired) electrons. The number of hydrogen-bond acceptors (Lipinski definition) is 2. The van der Waals surface area contributed by atoms with Gasteiger partial charge in [0.05, 0.1) is 12.2 Å². The van der Waals surface area contributed by atoms with Gasteiger partial charge in [-0.2, -0.15) is 0 Å². The third-order valence-corrected chi connectivity index (χ3v) is 3.12. The summed E-state index contributed by atoms with van der Waals surface area (Å²) in [5, 5.41) is 19.3. The maximum atomic E-state index is 9.79. The van der Waals surface area contributed by atoms with E-state index >= 15 is 0 Å². The minimum Gasteiger partial charge on any atom is -0.389 e. The molecule has 16 heavy (non-hydrogen) atoms. The summed E-state index contributed by atoms with van der Waals surface area (Å²) in [5.41, 5.74) is 2.26. The molecule has 0 saturated heterocycles. The van der Waals surface area contributed by atoms with Gasteiger partial charge < -0.3 is 10.2 Å². The van der Waals surface area contributed by atoms with Gasteiger partial charge in [0, 0.05) is 0 Å². The molecule has 1 aliphatic carbocycles. The second kappa shape index (κ2) is 5.28. The zero-order chi connectivity index (χ0) is 11.4. The number of aliphatic hydroxyl groups excluding tert-OH is 2. The van der Waals surface area contributed by atoms with Crippen LogP contribution in [-0.2, 0) is 6.42 Å². The molecule has 1 aliphatic rings. The first-order valence-corrected chi connectivity index (χ1v) is 5.86. The van der Waals surface area contributed by atoms with E-state index in [0.717, 1.165) is 18.4 Å². The van der Waals surface area contributed by atoms with Crippen molar-refractivity contribution in [1.82, 2.24) is 0 Å². The Balaban J connectivity index is 1.95. The van der Waals surface area contributed by atoms with Gasteiger partial charge in [0.1, 0.15) is 0 Å². The summed E-state index contributed by atoms with van der Waals surface area (Å²) in [6, 6.07) is 10.2. The number of hydrogen-bond donors (Lipinski definition) is 2. The Kier molecular flexibility index (Phi) is 3.75. The third kappa shape index (κ3) is 2.94. The predicted molar refractivity (Wildman–Crippen MR) is 64.1 cm³/mol. The Morgan fingerprint density at radius 2 is 1.75 bits per heavy atom. The molecule has 0 unspecified atom stereocenters. The number of aryl methyl sites for hydroxylation is 1. The molecule has 2 atom stereocenters. The van der Waals surface area contributed by atoms with Crippen LogP contribution in [0.5, 0.6) is 0 Å². The van der Waals surface area contributed by atoms with E-state index in [9.17, 15) is 10.2 Å². The maximum Gasteiger partial charge on any atom is 0.0752 e. The van der Waals surface area contributed by atoms with Crippen LogP contribution in [0, 0.1) is 0 Å². The minimum atomic E-state index is -0.367. The Morgan fingerprint density at radius 1 is 1.00 bits per heavy atom. The summed E-state index contributed by atoms with van der Waals surface area (Å²) in [4.78, 5) is 0. The van der Waals surface area contributed by atoms with Crippen molar-refractivity contribution in [2.75, 3.05) is 0 Å². The summed E-state index contributed by atoms with van der Waals surface area (Å²) in [6.07, 6.45) is 4.22. The van der Waals surface area contributed by atoms with E-state index in [2.05, 4.69) is 12.1 Å². The second-order valence-corrected chi connectivity index (χ2v) is 4.39. The van der Waals surface area contributed by atoms with E-state index in [1.54, 1.807) is 0 Å². The molecule has 2 heteroatoms. The Bertz CT molecular complexity index is 356. The van der Waals surface area contributed by atoms with E-state index < -0.39 is 0 Å². The van der Waals surface area contributed by atoms with E-state index in [4.69, 9.17) is 0 Å². The van der Waals surface area contributed by atoms with Crippen molar-refractivity contribution in [3.8, 4) is 0 Å². The highest BCUT2D eigenvalue weighted by Crippen LogP contribution is 2.22. The average Bonchev–Trinajstić information content (AvgIpc) is 2.32. The van der Waals surface area contributed by atoms with E-state index in [-0.39, 0.29) is 12.2 Å². The van der Waals surface area contributed by atoms with Gasteiger partial charge in [0.25, 0.3) is 0 Å². The summed E-state index contributed by atoms with van der Waals surface area (Å²) < 4.78 is 0. The molecule has 1 aromatic rings. The zero-order valence-corrected chi connectivity index (χ0v) is 9.34. The lowest BCUT2D eigenvalue weighted by atomic mass is 9.90. The average molecular weight is 218 g/mol. The fourth-order valence-corrected chi connectivity index (χ4v) is 2.14. The molecule has 2 N–H and O–H groups in total. The molecule has 0 aromatic heterocycles. The lowest BCUT2D eigenvalue weighted by Gasteiger charge is -2.22. The molecule has 86 valence electrons. The molecule has 0 amide bonds. The van der Waals surface area contributed by atoms with Crippen LogP contribution in [0.3, 0.4) is 0 Å². The normalized spacial score (nSPS) is 25.2. The Labute approximate surface area is 96.2 Å². The summed E-state index contributed by atoms with van der Waals surface area (Å²) in [5.74, 6) is 0. The van der Waals surface area contributed by atoms with Crippen molar-refractivity contribution in [3.05, 3.63) is 47.5 Å². The van der Waals surface area contributed by atoms with Gasteiger partial charge in [-0.05, 0) is 36.8 Å². The molecule has 1 aromatic carbocycles. The third-order valence-electron chi connectivity index (χ3n) is 3.12. The number of rotatable bonds is 3. The van der Waals surface area contributed by atoms with E-state index in [1.165, 1.54) is 5.56 Å².